The van der Waals surface area contributed by atoms with Crippen LogP contribution in [0.1, 0.15) is 37.5 Å². The van der Waals surface area contributed by atoms with Gasteiger partial charge in [-0.25, -0.2) is 4.98 Å². The number of nitrogens with zero attached hydrogens (tertiary/aromatic N) is 2. The summed E-state index contributed by atoms with van der Waals surface area (Å²) in [5, 5.41) is 32.5. The summed E-state index contributed by atoms with van der Waals surface area (Å²) in [6.45, 7) is 2.00. The van der Waals surface area contributed by atoms with E-state index in [1.54, 1.807) is 10.8 Å². The monoisotopic (exact) mass is 332 g/mol. The fraction of sp³-hybridized carbons (Fsp3) is 0.611. The molecule has 1 saturated carbocycles. The van der Waals surface area contributed by atoms with E-state index >= 15 is 0 Å². The van der Waals surface area contributed by atoms with Crippen molar-refractivity contribution < 1.29 is 20.1 Å². The van der Waals surface area contributed by atoms with Gasteiger partial charge in [0.1, 0.15) is 24.0 Å². The Balaban J connectivity index is 1.62. The second-order valence-electron chi connectivity index (χ2n) is 7.10. The maximum Gasteiger partial charge on any atom is 0.164 e. The van der Waals surface area contributed by atoms with Crippen molar-refractivity contribution in [1.29, 1.82) is 0 Å². The third kappa shape index (κ3) is 2.45. The van der Waals surface area contributed by atoms with Crippen molar-refractivity contribution in [3.63, 3.8) is 0 Å². The normalized spacial score (nSPS) is 32.7. The standard InChI is InChI=1S/C18H24N2O4/c1-10-6-8-19-17-12(10)7-9-20(17)18-15(23)14(22)16(24-18)13(21)11-4-2-3-5-11/h6-9,11,13-16,18,21-23H,2-5H2,1H3. The highest BCUT2D eigenvalue weighted by molar-refractivity contribution is 5.79. The Morgan fingerprint density at radius 1 is 1.21 bits per heavy atom. The summed E-state index contributed by atoms with van der Waals surface area (Å²) in [4.78, 5) is 4.38. The SMILES string of the molecule is Cc1ccnc2c1ccn2C1OC(C(O)C2CCCC2)C(O)C1O. The predicted octanol–water partition coefficient (Wildman–Crippen LogP) is 1.52. The summed E-state index contributed by atoms with van der Waals surface area (Å²) in [6, 6.07) is 3.86. The minimum atomic E-state index is -1.10. The van der Waals surface area contributed by atoms with Crippen molar-refractivity contribution in [2.75, 3.05) is 0 Å². The van der Waals surface area contributed by atoms with Crippen molar-refractivity contribution in [3.05, 3.63) is 30.1 Å². The lowest BCUT2D eigenvalue weighted by atomic mass is 9.93. The second-order valence-corrected chi connectivity index (χ2v) is 7.10. The summed E-state index contributed by atoms with van der Waals surface area (Å²) in [5.74, 6) is 0.136. The zero-order chi connectivity index (χ0) is 16.8. The number of hydrogen-bond acceptors (Lipinski definition) is 5. The van der Waals surface area contributed by atoms with Crippen LogP contribution in [-0.4, -0.2) is 49.3 Å². The topological polar surface area (TPSA) is 87.7 Å². The summed E-state index contributed by atoms with van der Waals surface area (Å²) in [5.41, 5.74) is 1.80. The molecule has 1 aliphatic heterocycles. The Labute approximate surface area is 140 Å². The van der Waals surface area contributed by atoms with Crippen LogP contribution in [0.15, 0.2) is 24.5 Å². The predicted molar refractivity (Wildman–Crippen MR) is 88.4 cm³/mol. The molecular formula is C18H24N2O4. The van der Waals surface area contributed by atoms with Gasteiger partial charge >= 0.3 is 0 Å². The van der Waals surface area contributed by atoms with E-state index in [9.17, 15) is 15.3 Å². The minimum Gasteiger partial charge on any atom is -0.390 e. The van der Waals surface area contributed by atoms with Crippen molar-refractivity contribution >= 4 is 11.0 Å². The lowest BCUT2D eigenvalue weighted by molar-refractivity contribution is -0.0997. The van der Waals surface area contributed by atoms with Crippen LogP contribution in [0.4, 0.5) is 0 Å². The van der Waals surface area contributed by atoms with Gasteiger partial charge in [-0.1, -0.05) is 12.8 Å². The Hall–Kier alpha value is -1.47. The molecule has 0 bridgehead atoms. The number of fused-ring (bicyclic) bond motifs is 1. The summed E-state index contributed by atoms with van der Waals surface area (Å²) in [6.07, 6.45) is 3.17. The third-order valence-electron chi connectivity index (χ3n) is 5.60. The molecule has 0 spiro atoms. The van der Waals surface area contributed by atoms with Crippen LogP contribution < -0.4 is 0 Å². The molecule has 2 fully saturated rings. The van der Waals surface area contributed by atoms with Gasteiger partial charge in [0.2, 0.25) is 0 Å². The largest absolute Gasteiger partial charge is 0.390 e. The molecule has 1 aliphatic carbocycles. The summed E-state index contributed by atoms with van der Waals surface area (Å²) >= 11 is 0. The van der Waals surface area contributed by atoms with Crippen LogP contribution in [0, 0.1) is 12.8 Å². The molecule has 5 unspecified atom stereocenters. The van der Waals surface area contributed by atoms with E-state index in [4.69, 9.17) is 4.74 Å². The molecule has 2 aliphatic rings. The van der Waals surface area contributed by atoms with Crippen molar-refractivity contribution in [3.8, 4) is 0 Å². The zero-order valence-corrected chi connectivity index (χ0v) is 13.7. The van der Waals surface area contributed by atoms with E-state index < -0.39 is 30.6 Å². The minimum absolute atomic E-state index is 0.136. The fourth-order valence-corrected chi connectivity index (χ4v) is 4.16. The highest BCUT2D eigenvalue weighted by atomic mass is 16.6. The van der Waals surface area contributed by atoms with Gasteiger partial charge in [-0.05, 0) is 43.4 Å². The van der Waals surface area contributed by atoms with Crippen LogP contribution in [0.5, 0.6) is 0 Å². The lowest BCUT2D eigenvalue weighted by Crippen LogP contribution is -2.41. The molecule has 4 rings (SSSR count). The van der Waals surface area contributed by atoms with Crippen LogP contribution in [0.3, 0.4) is 0 Å². The van der Waals surface area contributed by atoms with Gasteiger partial charge in [0.15, 0.2) is 6.23 Å². The first kappa shape index (κ1) is 16.0. The Bertz CT molecular complexity index is 725. The number of hydrogen-bond donors (Lipinski definition) is 3. The molecule has 0 aromatic carbocycles. The molecule has 6 heteroatoms. The van der Waals surface area contributed by atoms with Gasteiger partial charge in [0.05, 0.1) is 6.10 Å². The second kappa shape index (κ2) is 6.11. The average Bonchev–Trinajstić information content (AvgIpc) is 3.29. The number of aliphatic hydroxyl groups excluding tert-OH is 3. The van der Waals surface area contributed by atoms with Crippen molar-refractivity contribution in [2.45, 2.75) is 63.3 Å². The number of rotatable bonds is 3. The molecule has 1 saturated heterocycles. The Morgan fingerprint density at radius 2 is 1.96 bits per heavy atom. The van der Waals surface area contributed by atoms with E-state index in [1.165, 1.54) is 0 Å². The van der Waals surface area contributed by atoms with Gasteiger partial charge in [0, 0.05) is 17.8 Å². The van der Waals surface area contributed by atoms with Gasteiger partial charge < -0.3 is 24.6 Å². The molecule has 0 radical (unpaired) electrons. The molecule has 24 heavy (non-hydrogen) atoms. The maximum absolute atomic E-state index is 10.6. The van der Waals surface area contributed by atoms with Gasteiger partial charge in [-0.3, -0.25) is 0 Å². The fourth-order valence-electron chi connectivity index (χ4n) is 4.16. The molecule has 130 valence electrons. The van der Waals surface area contributed by atoms with Crippen molar-refractivity contribution in [1.82, 2.24) is 9.55 Å². The van der Waals surface area contributed by atoms with Gasteiger partial charge in [0.25, 0.3) is 0 Å². The molecule has 3 N–H and O–H groups in total. The highest BCUT2D eigenvalue weighted by Crippen LogP contribution is 2.38. The molecule has 3 heterocycles. The highest BCUT2D eigenvalue weighted by Gasteiger charge is 2.48. The van der Waals surface area contributed by atoms with Crippen LogP contribution >= 0.6 is 0 Å². The average molecular weight is 332 g/mol. The van der Waals surface area contributed by atoms with E-state index in [-0.39, 0.29) is 5.92 Å². The van der Waals surface area contributed by atoms with E-state index in [0.717, 1.165) is 36.6 Å². The number of aryl methyl sites for hydroxylation is 1. The van der Waals surface area contributed by atoms with Crippen LogP contribution in [0.2, 0.25) is 0 Å². The molecule has 0 amide bonds. The number of aromatic nitrogens is 2. The summed E-state index contributed by atoms with van der Waals surface area (Å²) in [7, 11) is 0. The maximum atomic E-state index is 10.6. The molecule has 2 aromatic heterocycles. The first-order valence-corrected chi connectivity index (χ1v) is 8.69. The van der Waals surface area contributed by atoms with Crippen LogP contribution in [0.25, 0.3) is 11.0 Å². The quantitative estimate of drug-likeness (QED) is 0.793. The molecular weight excluding hydrogens is 308 g/mol. The van der Waals surface area contributed by atoms with Crippen molar-refractivity contribution in [2.24, 2.45) is 5.92 Å². The Kier molecular flexibility index (Phi) is 4.08. The molecule has 2 aromatic rings. The number of pyridine rings is 1. The first-order chi connectivity index (χ1) is 11.6. The molecule has 6 nitrogen and oxygen atoms in total. The zero-order valence-electron chi connectivity index (χ0n) is 13.7. The third-order valence-corrected chi connectivity index (χ3v) is 5.60. The first-order valence-electron chi connectivity index (χ1n) is 8.69. The number of ether oxygens (including phenoxy) is 1. The summed E-state index contributed by atoms with van der Waals surface area (Å²) < 4.78 is 7.67. The van der Waals surface area contributed by atoms with Gasteiger partial charge in [-0.15, -0.1) is 0 Å². The van der Waals surface area contributed by atoms with E-state index in [0.29, 0.717) is 5.65 Å². The van der Waals surface area contributed by atoms with E-state index in [1.807, 2.05) is 25.3 Å². The number of aliphatic hydroxyl groups is 3. The van der Waals surface area contributed by atoms with Gasteiger partial charge in [-0.2, -0.15) is 0 Å². The van der Waals surface area contributed by atoms with E-state index in [2.05, 4.69) is 4.98 Å². The Morgan fingerprint density at radius 3 is 2.71 bits per heavy atom. The van der Waals surface area contributed by atoms with Crippen LogP contribution in [-0.2, 0) is 4.74 Å². The smallest absolute Gasteiger partial charge is 0.164 e. The molecule has 5 atom stereocenters. The lowest BCUT2D eigenvalue weighted by Gasteiger charge is -2.25.